The molecule has 0 radical (unpaired) electrons. The Morgan fingerprint density at radius 3 is 1.09 bits per heavy atom. The minimum absolute atomic E-state index is 0.610. The van der Waals surface area contributed by atoms with Gasteiger partial charge in [-0.1, -0.05) is 0 Å². The predicted octanol–water partition coefficient (Wildman–Crippen LogP) is -0.135. The molecule has 0 heterocycles. The Kier molecular flexibility index (Phi) is 7.16. The molecule has 22 heavy (non-hydrogen) atoms. The Morgan fingerprint density at radius 1 is 0.545 bits per heavy atom. The molecule has 0 unspecified atom stereocenters. The number of rotatable bonds is 9. The third-order valence-electron chi connectivity index (χ3n) is 3.46. The summed E-state index contributed by atoms with van der Waals surface area (Å²) in [7, 11) is 4.84. The van der Waals surface area contributed by atoms with Crippen LogP contribution in [0.3, 0.4) is 0 Å². The van der Waals surface area contributed by atoms with Gasteiger partial charge in [0, 0.05) is 53.0 Å². The van der Waals surface area contributed by atoms with Crippen molar-refractivity contribution in [2.24, 2.45) is 0 Å². The van der Waals surface area contributed by atoms with E-state index in [1.807, 2.05) is 18.2 Å². The Hall–Kier alpha value is -0.786. The van der Waals surface area contributed by atoms with E-state index in [-0.39, 0.29) is 0 Å². The molecule has 7 nitrogen and oxygen atoms in total. The average Bonchev–Trinajstić information content (AvgIpc) is 2.59. The van der Waals surface area contributed by atoms with Crippen molar-refractivity contribution >= 4 is 28.0 Å². The predicted molar refractivity (Wildman–Crippen MR) is 85.8 cm³/mol. The van der Waals surface area contributed by atoms with E-state index in [2.05, 4.69) is 0 Å². The molecule has 1 aromatic carbocycles. The Morgan fingerprint density at radius 2 is 0.864 bits per heavy atom. The number of methoxy groups -OCH3 is 1. The van der Waals surface area contributed by atoms with Gasteiger partial charge in [0.25, 0.3) is 0 Å². The van der Waals surface area contributed by atoms with Crippen LogP contribution in [0.4, 0.5) is 0 Å². The minimum Gasteiger partial charge on any atom is -0.497 e. The molecule has 1 rings (SSSR count). The highest BCUT2D eigenvalue weighted by Gasteiger charge is 2.46. The molecular weight excluding hydrogens is 324 g/mol. The molecule has 0 atom stereocenters. The summed E-state index contributed by atoms with van der Waals surface area (Å²) in [6.07, 6.45) is 0. The van der Waals surface area contributed by atoms with Crippen molar-refractivity contribution in [3.63, 3.8) is 0 Å². The Labute approximate surface area is 133 Å². The van der Waals surface area contributed by atoms with Gasteiger partial charge < -0.3 is 31.3 Å². The smallest absolute Gasteiger partial charge is 0.497 e. The number of hydrogen-bond donors (Lipinski definition) is 0. The number of ether oxygens (including phenoxy) is 1. The number of hydrogen-bond acceptors (Lipinski definition) is 7. The van der Waals surface area contributed by atoms with E-state index in [9.17, 15) is 0 Å². The second-order valence-electron chi connectivity index (χ2n) is 4.29. The fraction of sp³-hybridized carbons (Fsp3) is 0.538. The summed E-state index contributed by atoms with van der Waals surface area (Å²) in [6.45, 7) is 0. The standard InChI is InChI=1S/C13H24O7Si2/c1-14-11-8-12(21(15-2,16-3)17-4)10-13(9-11)22(18-5,19-6)20-7/h8-10H,1-7H3. The lowest BCUT2D eigenvalue weighted by Gasteiger charge is -2.28. The van der Waals surface area contributed by atoms with E-state index < -0.39 is 17.6 Å². The van der Waals surface area contributed by atoms with Crippen LogP contribution >= 0.6 is 0 Å². The molecule has 0 bridgehead atoms. The van der Waals surface area contributed by atoms with Crippen LogP contribution in [-0.4, -0.2) is 67.4 Å². The highest BCUT2D eigenvalue weighted by atomic mass is 28.4. The van der Waals surface area contributed by atoms with Crippen molar-refractivity contribution in [2.75, 3.05) is 49.8 Å². The Balaban J connectivity index is 3.53. The van der Waals surface area contributed by atoms with Crippen molar-refractivity contribution in [1.29, 1.82) is 0 Å². The van der Waals surface area contributed by atoms with Crippen molar-refractivity contribution in [2.45, 2.75) is 0 Å². The van der Waals surface area contributed by atoms with E-state index in [4.69, 9.17) is 31.3 Å². The summed E-state index contributed by atoms with van der Waals surface area (Å²) in [5.41, 5.74) is 0. The van der Waals surface area contributed by atoms with Crippen molar-refractivity contribution in [1.82, 2.24) is 0 Å². The van der Waals surface area contributed by atoms with E-state index >= 15 is 0 Å². The molecule has 0 aliphatic rings. The van der Waals surface area contributed by atoms with Crippen LogP contribution in [0.5, 0.6) is 5.75 Å². The van der Waals surface area contributed by atoms with Crippen LogP contribution < -0.4 is 15.1 Å². The minimum atomic E-state index is -3.01. The van der Waals surface area contributed by atoms with Gasteiger partial charge in [-0.2, -0.15) is 0 Å². The van der Waals surface area contributed by atoms with E-state index in [0.717, 1.165) is 10.4 Å². The average molecular weight is 349 g/mol. The first-order chi connectivity index (χ1) is 10.5. The lowest BCUT2D eigenvalue weighted by Crippen LogP contribution is -2.59. The third kappa shape index (κ3) is 3.41. The van der Waals surface area contributed by atoms with Gasteiger partial charge in [0.05, 0.1) is 7.11 Å². The molecule has 0 spiro atoms. The second-order valence-corrected chi connectivity index (χ2v) is 10.1. The first-order valence-corrected chi connectivity index (χ1v) is 9.97. The van der Waals surface area contributed by atoms with Crippen molar-refractivity contribution in [3.05, 3.63) is 18.2 Å². The summed E-state index contributed by atoms with van der Waals surface area (Å²) in [5.74, 6) is 0.610. The summed E-state index contributed by atoms with van der Waals surface area (Å²) < 4.78 is 38.5. The maximum atomic E-state index is 5.52. The fourth-order valence-electron chi connectivity index (χ4n) is 2.28. The van der Waals surface area contributed by atoms with Crippen LogP contribution in [0.2, 0.25) is 0 Å². The van der Waals surface area contributed by atoms with Crippen LogP contribution in [0.25, 0.3) is 0 Å². The van der Waals surface area contributed by atoms with Crippen LogP contribution in [0, 0.1) is 0 Å². The van der Waals surface area contributed by atoms with Crippen LogP contribution in [-0.2, 0) is 26.6 Å². The molecule has 0 N–H and O–H groups in total. The van der Waals surface area contributed by atoms with Gasteiger partial charge in [0.15, 0.2) is 0 Å². The topological polar surface area (TPSA) is 64.6 Å². The molecule has 0 aromatic heterocycles. The van der Waals surface area contributed by atoms with Gasteiger partial charge in [-0.3, -0.25) is 0 Å². The molecule has 0 fully saturated rings. The first kappa shape index (κ1) is 19.3. The van der Waals surface area contributed by atoms with Gasteiger partial charge in [0.2, 0.25) is 0 Å². The number of benzene rings is 1. The van der Waals surface area contributed by atoms with Gasteiger partial charge >= 0.3 is 17.6 Å². The maximum absolute atomic E-state index is 5.52. The SMILES string of the molecule is COc1cc([Si](OC)(OC)OC)cc([Si](OC)(OC)OC)c1. The second kappa shape index (κ2) is 8.17. The largest absolute Gasteiger partial charge is 0.536 e. The summed E-state index contributed by atoms with van der Waals surface area (Å²) in [4.78, 5) is 0. The summed E-state index contributed by atoms with van der Waals surface area (Å²) in [6, 6.07) is 5.48. The third-order valence-corrected chi connectivity index (χ3v) is 8.68. The van der Waals surface area contributed by atoms with Crippen LogP contribution in [0.15, 0.2) is 18.2 Å². The van der Waals surface area contributed by atoms with E-state index in [1.54, 1.807) is 49.8 Å². The quantitative estimate of drug-likeness (QED) is 0.576. The molecule has 0 aliphatic heterocycles. The lowest BCUT2D eigenvalue weighted by molar-refractivity contribution is 0.139. The molecule has 0 aliphatic carbocycles. The van der Waals surface area contributed by atoms with Gasteiger partial charge in [-0.05, 0) is 18.2 Å². The van der Waals surface area contributed by atoms with Crippen LogP contribution in [0.1, 0.15) is 0 Å². The zero-order valence-electron chi connectivity index (χ0n) is 14.1. The lowest BCUT2D eigenvalue weighted by atomic mass is 10.3. The van der Waals surface area contributed by atoms with Gasteiger partial charge in [0.1, 0.15) is 5.75 Å². The van der Waals surface area contributed by atoms with Crippen molar-refractivity contribution < 1.29 is 31.3 Å². The molecule has 9 heteroatoms. The fourth-order valence-corrected chi connectivity index (χ4v) is 6.14. The molecule has 0 saturated carbocycles. The normalized spacial score (nSPS) is 12.5. The van der Waals surface area contributed by atoms with Crippen molar-refractivity contribution in [3.8, 4) is 5.75 Å². The molecule has 0 amide bonds. The van der Waals surface area contributed by atoms with Gasteiger partial charge in [-0.15, -0.1) is 0 Å². The van der Waals surface area contributed by atoms with E-state index in [1.165, 1.54) is 0 Å². The molecule has 0 saturated heterocycles. The zero-order valence-corrected chi connectivity index (χ0v) is 16.1. The zero-order chi connectivity index (χ0) is 16.8. The molecule has 1 aromatic rings. The highest BCUT2D eigenvalue weighted by molar-refractivity contribution is 6.78. The first-order valence-electron chi connectivity index (χ1n) is 6.52. The highest BCUT2D eigenvalue weighted by Crippen LogP contribution is 2.16. The molecule has 126 valence electrons. The maximum Gasteiger partial charge on any atom is 0.536 e. The van der Waals surface area contributed by atoms with E-state index in [0.29, 0.717) is 5.75 Å². The monoisotopic (exact) mass is 348 g/mol. The summed E-state index contributed by atoms with van der Waals surface area (Å²) in [5, 5.41) is 1.47. The molecular formula is C13H24O7Si2. The van der Waals surface area contributed by atoms with Gasteiger partial charge in [-0.25, -0.2) is 0 Å². The summed E-state index contributed by atoms with van der Waals surface area (Å²) >= 11 is 0. The Bertz CT molecular complexity index is 421.